The molecule has 4 nitrogen and oxygen atoms in total. The van der Waals surface area contributed by atoms with Crippen molar-refractivity contribution in [2.75, 3.05) is 5.73 Å². The molecule has 0 bridgehead atoms. The molecule has 0 radical (unpaired) electrons. The molecule has 3 rings (SSSR count). The average molecular weight is 222 g/mol. The Morgan fingerprint density at radius 3 is 2.71 bits per heavy atom. The Kier molecular flexibility index (Phi) is 2.19. The summed E-state index contributed by atoms with van der Waals surface area (Å²) in [6.45, 7) is 0. The highest BCUT2D eigenvalue weighted by Gasteiger charge is 2.06. The van der Waals surface area contributed by atoms with Gasteiger partial charge in [0.05, 0.1) is 5.52 Å². The normalized spacial score (nSPS) is 10.6. The highest BCUT2D eigenvalue weighted by molar-refractivity contribution is 5.87. The molecular weight excluding hydrogens is 212 g/mol. The Morgan fingerprint density at radius 2 is 1.88 bits per heavy atom. The van der Waals surface area contributed by atoms with Gasteiger partial charge in [-0.15, -0.1) is 0 Å². The lowest BCUT2D eigenvalue weighted by Gasteiger charge is -2.06. The van der Waals surface area contributed by atoms with Crippen molar-refractivity contribution in [1.29, 1.82) is 0 Å². The van der Waals surface area contributed by atoms with E-state index in [1.807, 2.05) is 24.3 Å². The standard InChI is InChI=1S/C13H10N4/c14-13-11(9-2-1-4-15-7-9)6-10-8-16-5-3-12(10)17-13/h1-8H,(H2,14,17). The Morgan fingerprint density at radius 1 is 1.00 bits per heavy atom. The van der Waals surface area contributed by atoms with Gasteiger partial charge < -0.3 is 5.73 Å². The van der Waals surface area contributed by atoms with E-state index in [0.717, 1.165) is 22.0 Å². The Labute approximate surface area is 98.2 Å². The lowest BCUT2D eigenvalue weighted by molar-refractivity contribution is 1.31. The maximum atomic E-state index is 5.96. The van der Waals surface area contributed by atoms with Crippen LogP contribution in [0, 0.1) is 0 Å². The third-order valence-corrected chi connectivity index (χ3v) is 2.62. The van der Waals surface area contributed by atoms with Crippen molar-refractivity contribution in [3.8, 4) is 11.1 Å². The van der Waals surface area contributed by atoms with E-state index < -0.39 is 0 Å². The van der Waals surface area contributed by atoms with Gasteiger partial charge in [0.1, 0.15) is 5.82 Å². The molecule has 0 saturated carbocycles. The highest BCUT2D eigenvalue weighted by Crippen LogP contribution is 2.26. The predicted octanol–water partition coefficient (Wildman–Crippen LogP) is 2.27. The summed E-state index contributed by atoms with van der Waals surface area (Å²) < 4.78 is 0. The summed E-state index contributed by atoms with van der Waals surface area (Å²) >= 11 is 0. The second-order valence-corrected chi connectivity index (χ2v) is 3.73. The molecule has 0 unspecified atom stereocenters. The number of nitrogen functional groups attached to an aromatic ring is 1. The van der Waals surface area contributed by atoms with Gasteiger partial charge in [-0.2, -0.15) is 0 Å². The largest absolute Gasteiger partial charge is 0.383 e. The van der Waals surface area contributed by atoms with E-state index in [1.165, 1.54) is 0 Å². The van der Waals surface area contributed by atoms with E-state index in [9.17, 15) is 0 Å². The molecule has 3 heterocycles. The maximum absolute atomic E-state index is 5.96. The minimum atomic E-state index is 0.511. The van der Waals surface area contributed by atoms with Crippen LogP contribution in [0.1, 0.15) is 0 Å². The van der Waals surface area contributed by atoms with Gasteiger partial charge in [0.2, 0.25) is 0 Å². The molecule has 17 heavy (non-hydrogen) atoms. The van der Waals surface area contributed by atoms with Crippen LogP contribution in [0.4, 0.5) is 5.82 Å². The summed E-state index contributed by atoms with van der Waals surface area (Å²) in [5, 5.41) is 0.973. The van der Waals surface area contributed by atoms with Crippen molar-refractivity contribution < 1.29 is 0 Å². The molecule has 0 spiro atoms. The highest BCUT2D eigenvalue weighted by atomic mass is 14.8. The number of aromatic nitrogens is 3. The van der Waals surface area contributed by atoms with Gasteiger partial charge >= 0.3 is 0 Å². The van der Waals surface area contributed by atoms with E-state index in [2.05, 4.69) is 15.0 Å². The van der Waals surface area contributed by atoms with Crippen molar-refractivity contribution in [3.63, 3.8) is 0 Å². The lowest BCUT2D eigenvalue weighted by Crippen LogP contribution is -1.95. The molecule has 0 fully saturated rings. The van der Waals surface area contributed by atoms with Crippen LogP contribution in [0.5, 0.6) is 0 Å². The summed E-state index contributed by atoms with van der Waals surface area (Å²) in [7, 11) is 0. The van der Waals surface area contributed by atoms with Gasteiger partial charge in [0.25, 0.3) is 0 Å². The molecule has 0 amide bonds. The zero-order chi connectivity index (χ0) is 11.7. The molecule has 0 saturated heterocycles. The second kappa shape index (κ2) is 3.83. The van der Waals surface area contributed by atoms with Crippen molar-refractivity contribution in [2.24, 2.45) is 0 Å². The number of fused-ring (bicyclic) bond motifs is 1. The maximum Gasteiger partial charge on any atom is 0.132 e. The fourth-order valence-corrected chi connectivity index (χ4v) is 1.79. The Hall–Kier alpha value is -2.49. The first-order valence-corrected chi connectivity index (χ1v) is 5.25. The fraction of sp³-hybridized carbons (Fsp3) is 0. The quantitative estimate of drug-likeness (QED) is 0.686. The molecule has 82 valence electrons. The van der Waals surface area contributed by atoms with Gasteiger partial charge in [0, 0.05) is 41.3 Å². The summed E-state index contributed by atoms with van der Waals surface area (Å²) in [5.41, 5.74) is 8.66. The van der Waals surface area contributed by atoms with E-state index in [1.54, 1.807) is 24.8 Å². The average Bonchev–Trinajstić information content (AvgIpc) is 2.39. The lowest BCUT2D eigenvalue weighted by atomic mass is 10.1. The van der Waals surface area contributed by atoms with Crippen LogP contribution >= 0.6 is 0 Å². The van der Waals surface area contributed by atoms with Crippen molar-refractivity contribution in [2.45, 2.75) is 0 Å². The number of nitrogens with two attached hydrogens (primary N) is 1. The number of hydrogen-bond acceptors (Lipinski definition) is 4. The van der Waals surface area contributed by atoms with Gasteiger partial charge in [0.15, 0.2) is 0 Å². The Balaban J connectivity index is 2.27. The van der Waals surface area contributed by atoms with Crippen LogP contribution in [0.2, 0.25) is 0 Å². The minimum Gasteiger partial charge on any atom is -0.383 e. The minimum absolute atomic E-state index is 0.511. The van der Waals surface area contributed by atoms with Gasteiger partial charge in [-0.25, -0.2) is 4.98 Å². The molecule has 0 atom stereocenters. The smallest absolute Gasteiger partial charge is 0.132 e. The van der Waals surface area contributed by atoms with E-state index in [4.69, 9.17) is 5.73 Å². The number of pyridine rings is 3. The van der Waals surface area contributed by atoms with Gasteiger partial charge in [-0.1, -0.05) is 6.07 Å². The van der Waals surface area contributed by atoms with Crippen LogP contribution in [0.25, 0.3) is 22.0 Å². The molecule has 0 aliphatic rings. The zero-order valence-electron chi connectivity index (χ0n) is 9.04. The van der Waals surface area contributed by atoms with Crippen LogP contribution in [0.3, 0.4) is 0 Å². The number of anilines is 1. The third kappa shape index (κ3) is 1.69. The first-order valence-electron chi connectivity index (χ1n) is 5.25. The van der Waals surface area contributed by atoms with Crippen LogP contribution in [0.15, 0.2) is 49.1 Å². The summed E-state index contributed by atoms with van der Waals surface area (Å²) in [5.74, 6) is 0.511. The molecule has 4 heteroatoms. The molecule has 0 aromatic carbocycles. The number of nitrogens with zero attached hydrogens (tertiary/aromatic N) is 3. The summed E-state index contributed by atoms with van der Waals surface area (Å²) in [4.78, 5) is 12.5. The molecular formula is C13H10N4. The van der Waals surface area contributed by atoms with Gasteiger partial charge in [-0.3, -0.25) is 9.97 Å². The van der Waals surface area contributed by atoms with E-state index in [0.29, 0.717) is 5.82 Å². The first kappa shape index (κ1) is 9.72. The molecule has 0 aliphatic carbocycles. The first-order chi connectivity index (χ1) is 8.34. The fourth-order valence-electron chi connectivity index (χ4n) is 1.79. The topological polar surface area (TPSA) is 64.7 Å². The second-order valence-electron chi connectivity index (χ2n) is 3.73. The van der Waals surface area contributed by atoms with Crippen molar-refractivity contribution in [1.82, 2.24) is 15.0 Å². The predicted molar refractivity (Wildman–Crippen MR) is 67.2 cm³/mol. The van der Waals surface area contributed by atoms with Crippen molar-refractivity contribution >= 4 is 16.7 Å². The van der Waals surface area contributed by atoms with Crippen LogP contribution in [-0.2, 0) is 0 Å². The zero-order valence-corrected chi connectivity index (χ0v) is 9.04. The SMILES string of the molecule is Nc1nc2ccncc2cc1-c1cccnc1. The number of hydrogen-bond donors (Lipinski definition) is 1. The van der Waals surface area contributed by atoms with E-state index >= 15 is 0 Å². The number of rotatable bonds is 1. The van der Waals surface area contributed by atoms with Gasteiger partial charge in [-0.05, 0) is 18.2 Å². The molecule has 3 aromatic heterocycles. The monoisotopic (exact) mass is 222 g/mol. The summed E-state index contributed by atoms with van der Waals surface area (Å²) in [6.07, 6.45) is 6.99. The van der Waals surface area contributed by atoms with Crippen LogP contribution in [-0.4, -0.2) is 15.0 Å². The van der Waals surface area contributed by atoms with E-state index in [-0.39, 0.29) is 0 Å². The van der Waals surface area contributed by atoms with Crippen molar-refractivity contribution in [3.05, 3.63) is 49.1 Å². The third-order valence-electron chi connectivity index (χ3n) is 2.62. The Bertz CT molecular complexity index is 665. The molecule has 3 aromatic rings. The van der Waals surface area contributed by atoms with Crippen LogP contribution < -0.4 is 5.73 Å². The molecule has 0 aliphatic heterocycles. The summed E-state index contributed by atoms with van der Waals surface area (Å²) in [6, 6.07) is 7.67. The molecule has 2 N–H and O–H groups in total.